The number of phenols is 1. The van der Waals surface area contributed by atoms with Crippen molar-refractivity contribution in [1.29, 1.82) is 0 Å². The van der Waals surface area contributed by atoms with Crippen molar-refractivity contribution in [1.82, 2.24) is 15.5 Å². The number of nitrogens with two attached hydrogens (primary N) is 2. The molecule has 48 heavy (non-hydrogen) atoms. The summed E-state index contributed by atoms with van der Waals surface area (Å²) in [5.41, 5.74) is 19.4. The Balaban J connectivity index is 0.00000625. The summed E-state index contributed by atoms with van der Waals surface area (Å²) < 4.78 is 0. The van der Waals surface area contributed by atoms with Crippen molar-refractivity contribution in [2.45, 2.75) is 90.9 Å². The molecule has 1 heterocycles. The number of aryl methyl sites for hydroxylation is 5. The first kappa shape index (κ1) is 38.0. The summed E-state index contributed by atoms with van der Waals surface area (Å²) in [6.07, 6.45) is 1.69. The van der Waals surface area contributed by atoms with Crippen LogP contribution in [0.4, 0.5) is 0 Å². The Kier molecular flexibility index (Phi) is 13.2. The predicted octanol–water partition coefficient (Wildman–Crippen LogP) is 3.16. The predicted molar refractivity (Wildman–Crippen MR) is 189 cm³/mol. The molecular formula is C37H48ClN5O5. The average molecular weight is 678 g/mol. The lowest BCUT2D eigenvalue weighted by molar-refractivity contribution is -0.140. The molecule has 0 unspecified atom stereocenters. The topological polar surface area (TPSA) is 168 Å². The first-order chi connectivity index (χ1) is 22.2. The van der Waals surface area contributed by atoms with Gasteiger partial charge in [-0.2, -0.15) is 0 Å². The fourth-order valence-corrected chi connectivity index (χ4v) is 6.67. The van der Waals surface area contributed by atoms with Crippen LogP contribution in [0.5, 0.6) is 5.75 Å². The van der Waals surface area contributed by atoms with E-state index in [4.69, 9.17) is 11.5 Å². The van der Waals surface area contributed by atoms with Crippen molar-refractivity contribution in [3.63, 3.8) is 0 Å². The molecule has 258 valence electrons. The zero-order valence-corrected chi connectivity index (χ0v) is 29.2. The summed E-state index contributed by atoms with van der Waals surface area (Å²) in [7, 11) is 0. The third-order valence-corrected chi connectivity index (χ3v) is 9.08. The molecule has 4 rings (SSSR count). The SMILES string of the molecule is Cc1cc(C)c(C[C@H](NC(=O)[C@@H]2CCCN2C(=O)[C@@H](N)Cc2c(C)cc(O)cc2C)C(=O)N[C@@H](Cc2ccccc2)C(N)=O)c(C)c1.Cl. The molecule has 7 N–H and O–H groups in total. The van der Waals surface area contributed by atoms with E-state index in [0.29, 0.717) is 19.4 Å². The van der Waals surface area contributed by atoms with Gasteiger partial charge in [0.1, 0.15) is 23.9 Å². The van der Waals surface area contributed by atoms with Crippen molar-refractivity contribution in [2.75, 3.05) is 6.54 Å². The number of carbonyl (C=O) groups excluding carboxylic acids is 4. The maximum absolute atomic E-state index is 13.9. The highest BCUT2D eigenvalue weighted by atomic mass is 35.5. The largest absolute Gasteiger partial charge is 0.508 e. The van der Waals surface area contributed by atoms with Gasteiger partial charge in [-0.3, -0.25) is 19.2 Å². The molecule has 4 atom stereocenters. The number of amides is 4. The van der Waals surface area contributed by atoms with Crippen molar-refractivity contribution >= 4 is 36.0 Å². The summed E-state index contributed by atoms with van der Waals surface area (Å²) in [6, 6.07) is 12.8. The van der Waals surface area contributed by atoms with Crippen molar-refractivity contribution < 1.29 is 24.3 Å². The second-order valence-corrected chi connectivity index (χ2v) is 12.9. The summed E-state index contributed by atoms with van der Waals surface area (Å²) >= 11 is 0. The maximum Gasteiger partial charge on any atom is 0.243 e. The van der Waals surface area contributed by atoms with Crippen LogP contribution in [-0.2, 0) is 38.4 Å². The average Bonchev–Trinajstić information content (AvgIpc) is 3.50. The molecule has 0 bridgehead atoms. The molecule has 1 aliphatic rings. The molecule has 3 aromatic rings. The van der Waals surface area contributed by atoms with Gasteiger partial charge in [-0.25, -0.2) is 0 Å². The molecular weight excluding hydrogens is 630 g/mol. The van der Waals surface area contributed by atoms with Gasteiger partial charge in [0.2, 0.25) is 23.6 Å². The molecule has 0 spiro atoms. The van der Waals surface area contributed by atoms with Crippen molar-refractivity contribution in [3.05, 3.63) is 99.1 Å². The zero-order valence-electron chi connectivity index (χ0n) is 28.3. The van der Waals surface area contributed by atoms with E-state index in [2.05, 4.69) is 10.6 Å². The third kappa shape index (κ3) is 9.35. The number of phenolic OH excluding ortho intramolecular Hbond substituents is 1. The zero-order chi connectivity index (χ0) is 34.4. The number of nitrogens with zero attached hydrogens (tertiary/aromatic N) is 1. The maximum atomic E-state index is 13.9. The Bertz CT molecular complexity index is 1600. The monoisotopic (exact) mass is 677 g/mol. The van der Waals surface area contributed by atoms with Crippen LogP contribution in [0.2, 0.25) is 0 Å². The minimum absolute atomic E-state index is 0. The number of rotatable bonds is 12. The second kappa shape index (κ2) is 16.6. The van der Waals surface area contributed by atoms with Gasteiger partial charge in [-0.05, 0) is 105 Å². The minimum atomic E-state index is -1.03. The molecule has 1 aliphatic heterocycles. The van der Waals surface area contributed by atoms with Gasteiger partial charge in [-0.1, -0.05) is 48.0 Å². The molecule has 0 saturated carbocycles. The quantitative estimate of drug-likeness (QED) is 0.197. The number of hydrogen-bond donors (Lipinski definition) is 5. The van der Waals surface area contributed by atoms with Crippen molar-refractivity contribution in [2.24, 2.45) is 11.5 Å². The van der Waals surface area contributed by atoms with E-state index in [-0.39, 0.29) is 43.3 Å². The lowest BCUT2D eigenvalue weighted by Gasteiger charge is -2.29. The normalized spacial score (nSPS) is 16.0. The molecule has 0 aliphatic carbocycles. The van der Waals surface area contributed by atoms with Crippen LogP contribution in [0.3, 0.4) is 0 Å². The number of benzene rings is 3. The van der Waals surface area contributed by atoms with Gasteiger partial charge in [0.15, 0.2) is 0 Å². The molecule has 11 heteroatoms. The summed E-state index contributed by atoms with van der Waals surface area (Å²) in [4.78, 5) is 55.3. The van der Waals surface area contributed by atoms with Crippen LogP contribution in [0.15, 0.2) is 54.6 Å². The van der Waals surface area contributed by atoms with Gasteiger partial charge in [0, 0.05) is 19.4 Å². The first-order valence-electron chi connectivity index (χ1n) is 16.1. The number of aromatic hydroxyl groups is 1. The first-order valence-corrected chi connectivity index (χ1v) is 16.1. The van der Waals surface area contributed by atoms with Gasteiger partial charge >= 0.3 is 0 Å². The highest BCUT2D eigenvalue weighted by Gasteiger charge is 2.38. The Morgan fingerprint density at radius 3 is 1.98 bits per heavy atom. The Morgan fingerprint density at radius 2 is 1.40 bits per heavy atom. The molecule has 4 amide bonds. The van der Waals surface area contributed by atoms with Crippen LogP contribution in [-0.4, -0.2) is 64.3 Å². The lowest BCUT2D eigenvalue weighted by atomic mass is 9.93. The third-order valence-electron chi connectivity index (χ3n) is 9.08. The summed E-state index contributed by atoms with van der Waals surface area (Å²) in [5.74, 6) is -1.88. The Hall–Kier alpha value is -4.41. The van der Waals surface area contributed by atoms with E-state index in [1.54, 1.807) is 12.1 Å². The van der Waals surface area contributed by atoms with Crippen molar-refractivity contribution in [3.8, 4) is 5.75 Å². The van der Waals surface area contributed by atoms with Gasteiger partial charge in [-0.15, -0.1) is 12.4 Å². The van der Waals surface area contributed by atoms with Crippen LogP contribution in [0.1, 0.15) is 57.3 Å². The highest BCUT2D eigenvalue weighted by molar-refractivity contribution is 5.95. The molecule has 1 saturated heterocycles. The van der Waals surface area contributed by atoms with E-state index >= 15 is 0 Å². The number of halogens is 1. The molecule has 0 aromatic heterocycles. The van der Waals surface area contributed by atoms with Gasteiger partial charge in [0.05, 0.1) is 6.04 Å². The van der Waals surface area contributed by atoms with Crippen LogP contribution in [0, 0.1) is 34.6 Å². The fourth-order valence-electron chi connectivity index (χ4n) is 6.67. The van der Waals surface area contributed by atoms with Crippen LogP contribution < -0.4 is 22.1 Å². The van der Waals surface area contributed by atoms with E-state index in [0.717, 1.165) is 44.5 Å². The standard InChI is InChI=1S/C37H47N5O5.ClH/c1-21-14-22(2)29(23(3)15-21)20-32(35(45)40-31(34(39)44)18-26-10-7-6-8-11-26)41-36(46)33-12-9-13-42(33)37(47)30(38)19-28-24(4)16-27(43)17-25(28)5;/h6-8,10-11,14-17,30-33,43H,9,12-13,18-20,38H2,1-5H3,(H2,39,44)(H,40,45)(H,41,46);1H/t30-,31-,32-,33-;/m0./s1. The molecule has 0 radical (unpaired) electrons. The number of nitrogens with one attached hydrogen (secondary N) is 2. The smallest absolute Gasteiger partial charge is 0.243 e. The molecule has 3 aromatic carbocycles. The van der Waals surface area contributed by atoms with Crippen LogP contribution in [0.25, 0.3) is 0 Å². The highest BCUT2D eigenvalue weighted by Crippen LogP contribution is 2.25. The summed E-state index contributed by atoms with van der Waals surface area (Å²) in [5, 5.41) is 15.6. The number of likely N-dealkylation sites (tertiary alicyclic amines) is 1. The summed E-state index contributed by atoms with van der Waals surface area (Å²) in [6.45, 7) is 10.0. The van der Waals surface area contributed by atoms with Crippen LogP contribution >= 0.6 is 12.4 Å². The van der Waals surface area contributed by atoms with E-state index in [9.17, 15) is 24.3 Å². The van der Waals surface area contributed by atoms with E-state index in [1.807, 2.05) is 77.1 Å². The second-order valence-electron chi connectivity index (χ2n) is 12.9. The number of carbonyl (C=O) groups is 4. The van der Waals surface area contributed by atoms with Gasteiger partial charge < -0.3 is 32.1 Å². The molecule has 1 fully saturated rings. The lowest BCUT2D eigenvalue weighted by Crippen LogP contribution is -2.58. The van der Waals surface area contributed by atoms with E-state index < -0.39 is 41.9 Å². The molecule has 10 nitrogen and oxygen atoms in total. The Morgan fingerprint density at radius 1 is 0.833 bits per heavy atom. The van der Waals surface area contributed by atoms with Gasteiger partial charge in [0.25, 0.3) is 0 Å². The minimum Gasteiger partial charge on any atom is -0.508 e. The van der Waals surface area contributed by atoms with E-state index in [1.165, 1.54) is 4.90 Å². The number of primary amides is 1. The fraction of sp³-hybridized carbons (Fsp3) is 0.405. The Labute approximate surface area is 289 Å². The number of hydrogen-bond acceptors (Lipinski definition) is 6.